The molecule has 2 aromatic heterocycles. The Bertz CT molecular complexity index is 1130. The summed E-state index contributed by atoms with van der Waals surface area (Å²) in [6.07, 6.45) is -1.25. The van der Waals surface area contributed by atoms with Gasteiger partial charge in [-0.2, -0.15) is 13.2 Å². The molecule has 32 heavy (non-hydrogen) atoms. The maximum Gasteiger partial charge on any atom is 0.416 e. The Hall–Kier alpha value is -2.30. The van der Waals surface area contributed by atoms with Gasteiger partial charge in [-0.3, -0.25) is 4.90 Å². The zero-order valence-corrected chi connectivity index (χ0v) is 18.9. The second-order valence-corrected chi connectivity index (χ2v) is 9.18. The Kier molecular flexibility index (Phi) is 6.37. The molecule has 0 unspecified atom stereocenters. The van der Waals surface area contributed by atoms with Crippen LogP contribution in [0.2, 0.25) is 5.15 Å². The summed E-state index contributed by atoms with van der Waals surface area (Å²) in [6.45, 7) is 5.26. The lowest BCUT2D eigenvalue weighted by Crippen LogP contribution is -2.25. The summed E-state index contributed by atoms with van der Waals surface area (Å²) in [4.78, 5) is 15.6. The van der Waals surface area contributed by atoms with E-state index in [1.54, 1.807) is 6.92 Å². The number of halogens is 5. The molecule has 0 bridgehead atoms. The average molecular weight is 486 g/mol. The van der Waals surface area contributed by atoms with Crippen molar-refractivity contribution >= 4 is 33.9 Å². The van der Waals surface area contributed by atoms with E-state index in [0.717, 1.165) is 36.4 Å². The highest BCUT2D eigenvalue weighted by Crippen LogP contribution is 2.38. The van der Waals surface area contributed by atoms with Crippen molar-refractivity contribution in [3.8, 4) is 11.3 Å². The fraction of sp³-hybridized carbons (Fsp3) is 0.381. The Morgan fingerprint density at radius 2 is 2.03 bits per heavy atom. The first-order valence-electron chi connectivity index (χ1n) is 9.98. The van der Waals surface area contributed by atoms with Gasteiger partial charge in [-0.05, 0) is 51.4 Å². The summed E-state index contributed by atoms with van der Waals surface area (Å²) in [7, 11) is 0. The van der Waals surface area contributed by atoms with Crippen molar-refractivity contribution in [2.24, 2.45) is 0 Å². The molecular formula is C21H20ClF4N5S. The predicted molar refractivity (Wildman–Crippen MR) is 117 cm³/mol. The summed E-state index contributed by atoms with van der Waals surface area (Å²) in [6, 6.07) is 2.86. The SMILES string of the molecule is Cc1c(Cl)ncnc1Nc1nc(-c2cc(F)cc(C(F)(F)F)c2)c(CN2CCC[C@H]2C)s1. The van der Waals surface area contributed by atoms with Gasteiger partial charge in [0.05, 0.1) is 11.3 Å². The van der Waals surface area contributed by atoms with E-state index in [0.29, 0.717) is 40.9 Å². The van der Waals surface area contributed by atoms with Crippen molar-refractivity contribution in [2.75, 3.05) is 11.9 Å². The highest BCUT2D eigenvalue weighted by Gasteiger charge is 2.32. The van der Waals surface area contributed by atoms with Gasteiger partial charge in [-0.1, -0.05) is 22.9 Å². The van der Waals surface area contributed by atoms with Crippen molar-refractivity contribution in [3.63, 3.8) is 0 Å². The Morgan fingerprint density at radius 1 is 1.25 bits per heavy atom. The fourth-order valence-corrected chi connectivity index (χ4v) is 4.84. The van der Waals surface area contributed by atoms with Crippen LogP contribution >= 0.6 is 22.9 Å². The number of aromatic nitrogens is 3. The maximum atomic E-state index is 14.1. The summed E-state index contributed by atoms with van der Waals surface area (Å²) < 4.78 is 54.0. The fourth-order valence-electron chi connectivity index (χ4n) is 3.70. The van der Waals surface area contributed by atoms with Crippen molar-refractivity contribution < 1.29 is 17.6 Å². The highest BCUT2D eigenvalue weighted by molar-refractivity contribution is 7.16. The standard InChI is InChI=1S/C21H20ClF4N5S/c1-11-4-3-5-31(11)9-16-17(13-6-14(21(24,25)26)8-15(23)7-13)29-20(32-16)30-19-12(2)18(22)27-10-28-19/h6-8,10-11H,3-5,9H2,1-2H3,(H,27,28,29,30)/t11-/m1/s1. The van der Waals surface area contributed by atoms with E-state index in [-0.39, 0.29) is 10.7 Å². The van der Waals surface area contributed by atoms with E-state index in [1.807, 2.05) is 0 Å². The number of anilines is 2. The van der Waals surface area contributed by atoms with Crippen LogP contribution < -0.4 is 5.32 Å². The highest BCUT2D eigenvalue weighted by atomic mass is 35.5. The quantitative estimate of drug-likeness (QED) is 0.332. The summed E-state index contributed by atoms with van der Waals surface area (Å²) in [5.74, 6) is -0.516. The predicted octanol–water partition coefficient (Wildman–Crippen LogP) is 6.45. The van der Waals surface area contributed by atoms with Gasteiger partial charge in [0.15, 0.2) is 5.13 Å². The molecule has 1 aliphatic rings. The van der Waals surface area contributed by atoms with E-state index in [4.69, 9.17) is 11.6 Å². The van der Waals surface area contributed by atoms with Crippen LogP contribution in [0.3, 0.4) is 0 Å². The molecule has 1 atom stereocenters. The number of likely N-dealkylation sites (tertiary alicyclic amines) is 1. The van der Waals surface area contributed by atoms with Gasteiger partial charge >= 0.3 is 6.18 Å². The molecule has 5 nitrogen and oxygen atoms in total. The number of hydrogen-bond acceptors (Lipinski definition) is 6. The third kappa shape index (κ3) is 4.87. The van der Waals surface area contributed by atoms with Crippen LogP contribution in [0.5, 0.6) is 0 Å². The Balaban J connectivity index is 1.76. The van der Waals surface area contributed by atoms with Crippen LogP contribution in [0.15, 0.2) is 24.5 Å². The van der Waals surface area contributed by atoms with E-state index in [9.17, 15) is 17.6 Å². The van der Waals surface area contributed by atoms with Crippen LogP contribution in [-0.2, 0) is 12.7 Å². The first kappa shape index (κ1) is 22.9. The molecule has 0 saturated carbocycles. The molecule has 3 heterocycles. The smallest absolute Gasteiger partial charge is 0.316 e. The van der Waals surface area contributed by atoms with E-state index >= 15 is 0 Å². The molecule has 1 saturated heterocycles. The molecule has 1 N–H and O–H groups in total. The van der Waals surface area contributed by atoms with Gasteiger partial charge in [0.2, 0.25) is 0 Å². The number of rotatable bonds is 5. The number of hydrogen-bond donors (Lipinski definition) is 1. The number of nitrogens with zero attached hydrogens (tertiary/aromatic N) is 4. The number of nitrogens with one attached hydrogen (secondary N) is 1. The van der Waals surface area contributed by atoms with Crippen molar-refractivity contribution in [2.45, 2.75) is 45.5 Å². The van der Waals surface area contributed by atoms with Gasteiger partial charge < -0.3 is 5.32 Å². The molecule has 0 aliphatic carbocycles. The summed E-state index contributed by atoms with van der Waals surface area (Å²) >= 11 is 7.36. The summed E-state index contributed by atoms with van der Waals surface area (Å²) in [5.41, 5.74) is -0.0278. The minimum Gasteiger partial charge on any atom is -0.316 e. The molecule has 0 radical (unpaired) electrons. The normalized spacial score (nSPS) is 17.2. The van der Waals surface area contributed by atoms with Crippen LogP contribution in [0.4, 0.5) is 28.5 Å². The molecule has 170 valence electrons. The topological polar surface area (TPSA) is 53.9 Å². The zero-order chi connectivity index (χ0) is 23.0. The maximum absolute atomic E-state index is 14.1. The van der Waals surface area contributed by atoms with E-state index in [2.05, 4.69) is 32.1 Å². The number of alkyl halides is 3. The molecule has 1 fully saturated rings. The first-order chi connectivity index (χ1) is 15.1. The van der Waals surface area contributed by atoms with Gasteiger partial charge in [0.25, 0.3) is 0 Å². The lowest BCUT2D eigenvalue weighted by Gasteiger charge is -2.20. The Labute approximate surface area is 191 Å². The van der Waals surface area contributed by atoms with E-state index < -0.39 is 17.6 Å². The van der Waals surface area contributed by atoms with Crippen molar-refractivity contribution in [1.82, 2.24) is 19.9 Å². The monoisotopic (exact) mass is 485 g/mol. The molecule has 0 amide bonds. The third-order valence-electron chi connectivity index (χ3n) is 5.48. The minimum absolute atomic E-state index is 0.0842. The second-order valence-electron chi connectivity index (χ2n) is 7.74. The van der Waals surface area contributed by atoms with Gasteiger partial charge in [0, 0.05) is 28.6 Å². The molecule has 1 aliphatic heterocycles. The zero-order valence-electron chi connectivity index (χ0n) is 17.3. The van der Waals surface area contributed by atoms with Crippen molar-refractivity contribution in [1.29, 1.82) is 0 Å². The minimum atomic E-state index is -4.66. The summed E-state index contributed by atoms with van der Waals surface area (Å²) in [5, 5.41) is 3.79. The lowest BCUT2D eigenvalue weighted by molar-refractivity contribution is -0.137. The van der Waals surface area contributed by atoms with Gasteiger partial charge in [-0.15, -0.1) is 0 Å². The lowest BCUT2D eigenvalue weighted by atomic mass is 10.1. The largest absolute Gasteiger partial charge is 0.416 e. The third-order valence-corrected chi connectivity index (χ3v) is 6.82. The van der Waals surface area contributed by atoms with Crippen LogP contribution in [-0.4, -0.2) is 32.4 Å². The van der Waals surface area contributed by atoms with Crippen LogP contribution in [0.1, 0.15) is 35.8 Å². The first-order valence-corrected chi connectivity index (χ1v) is 11.2. The molecule has 1 aromatic carbocycles. The van der Waals surface area contributed by atoms with Crippen LogP contribution in [0.25, 0.3) is 11.3 Å². The van der Waals surface area contributed by atoms with Gasteiger partial charge in [-0.25, -0.2) is 19.3 Å². The average Bonchev–Trinajstić information content (AvgIpc) is 3.31. The molecule has 0 spiro atoms. The van der Waals surface area contributed by atoms with Crippen LogP contribution in [0, 0.1) is 12.7 Å². The molecule has 3 aromatic rings. The molecular weight excluding hydrogens is 466 g/mol. The number of thiazole rings is 1. The number of benzene rings is 1. The van der Waals surface area contributed by atoms with E-state index in [1.165, 1.54) is 17.7 Å². The Morgan fingerprint density at radius 3 is 2.72 bits per heavy atom. The van der Waals surface area contributed by atoms with Crippen molar-refractivity contribution in [3.05, 3.63) is 51.5 Å². The molecule has 11 heteroatoms. The molecule has 4 rings (SSSR count). The van der Waals surface area contributed by atoms with Gasteiger partial charge in [0.1, 0.15) is 23.1 Å². The second kappa shape index (κ2) is 8.92.